The largest absolute Gasteiger partial charge is 0.322 e. The molecule has 1 heterocycles. The van der Waals surface area contributed by atoms with Crippen molar-refractivity contribution < 1.29 is 9.59 Å². The van der Waals surface area contributed by atoms with Crippen molar-refractivity contribution in [3.05, 3.63) is 114 Å². The summed E-state index contributed by atoms with van der Waals surface area (Å²) >= 11 is 0. The van der Waals surface area contributed by atoms with Crippen LogP contribution in [0.5, 0.6) is 0 Å². The van der Waals surface area contributed by atoms with Gasteiger partial charge in [0.25, 0.3) is 11.8 Å². The van der Waals surface area contributed by atoms with Gasteiger partial charge in [-0.05, 0) is 53.6 Å². The molecule has 0 aliphatic heterocycles. The average molecular weight is 393 g/mol. The highest BCUT2D eigenvalue weighted by atomic mass is 16.2. The zero-order chi connectivity index (χ0) is 20.8. The van der Waals surface area contributed by atoms with Crippen molar-refractivity contribution in [2.45, 2.75) is 0 Å². The molecule has 5 heteroatoms. The Morgan fingerprint density at radius 2 is 1.30 bits per heavy atom. The van der Waals surface area contributed by atoms with E-state index in [2.05, 4.69) is 15.6 Å². The Kier molecular flexibility index (Phi) is 5.62. The van der Waals surface area contributed by atoms with Gasteiger partial charge in [0.05, 0.1) is 0 Å². The maximum Gasteiger partial charge on any atom is 0.256 e. The molecular weight excluding hydrogens is 374 g/mol. The number of nitrogens with one attached hydrogen (secondary N) is 2. The van der Waals surface area contributed by atoms with Crippen LogP contribution in [0.3, 0.4) is 0 Å². The van der Waals surface area contributed by atoms with Crippen molar-refractivity contribution in [3.63, 3.8) is 0 Å². The summed E-state index contributed by atoms with van der Waals surface area (Å²) in [7, 11) is 0. The molecule has 0 radical (unpaired) electrons. The third kappa shape index (κ3) is 4.59. The van der Waals surface area contributed by atoms with Crippen molar-refractivity contribution >= 4 is 23.3 Å². The summed E-state index contributed by atoms with van der Waals surface area (Å²) in [6.07, 6.45) is 1.61. The summed E-state index contributed by atoms with van der Waals surface area (Å²) in [5.41, 5.74) is 3.65. The zero-order valence-electron chi connectivity index (χ0n) is 16.1. The lowest BCUT2D eigenvalue weighted by Gasteiger charge is -2.09. The van der Waals surface area contributed by atoms with Gasteiger partial charge in [0.15, 0.2) is 0 Å². The number of nitrogens with zero attached hydrogens (tertiary/aromatic N) is 1. The maximum atomic E-state index is 12.6. The molecule has 0 saturated carbocycles. The normalized spacial score (nSPS) is 10.3. The molecule has 0 fully saturated rings. The van der Waals surface area contributed by atoms with Gasteiger partial charge in [0.2, 0.25) is 0 Å². The van der Waals surface area contributed by atoms with Gasteiger partial charge in [0.1, 0.15) is 5.82 Å². The van der Waals surface area contributed by atoms with Gasteiger partial charge < -0.3 is 10.6 Å². The van der Waals surface area contributed by atoms with Crippen molar-refractivity contribution in [2.24, 2.45) is 0 Å². The smallest absolute Gasteiger partial charge is 0.256 e. The first-order valence-corrected chi connectivity index (χ1v) is 9.48. The number of pyridine rings is 1. The second-order valence-electron chi connectivity index (χ2n) is 6.65. The average Bonchev–Trinajstić information content (AvgIpc) is 2.80. The summed E-state index contributed by atoms with van der Waals surface area (Å²) in [5, 5.41) is 5.57. The zero-order valence-corrected chi connectivity index (χ0v) is 16.1. The minimum absolute atomic E-state index is 0.239. The molecule has 0 unspecified atom stereocenters. The Balaban J connectivity index is 1.44. The van der Waals surface area contributed by atoms with Crippen LogP contribution in [0.15, 0.2) is 103 Å². The maximum absolute atomic E-state index is 12.6. The monoisotopic (exact) mass is 393 g/mol. The molecule has 5 nitrogen and oxygen atoms in total. The molecule has 3 aromatic carbocycles. The van der Waals surface area contributed by atoms with Crippen LogP contribution < -0.4 is 10.6 Å². The lowest BCUT2D eigenvalue weighted by atomic mass is 10.0. The number of hydrogen-bond acceptors (Lipinski definition) is 3. The van der Waals surface area contributed by atoms with E-state index in [0.717, 1.165) is 11.1 Å². The van der Waals surface area contributed by atoms with E-state index in [9.17, 15) is 9.59 Å². The number of carbonyl (C=O) groups is 2. The van der Waals surface area contributed by atoms with Crippen LogP contribution in [-0.4, -0.2) is 16.8 Å². The molecule has 0 bridgehead atoms. The fourth-order valence-electron chi connectivity index (χ4n) is 3.01. The molecule has 0 aliphatic carbocycles. The van der Waals surface area contributed by atoms with E-state index in [-0.39, 0.29) is 11.8 Å². The van der Waals surface area contributed by atoms with Crippen LogP contribution in [0.2, 0.25) is 0 Å². The van der Waals surface area contributed by atoms with Crippen molar-refractivity contribution in [1.82, 2.24) is 4.98 Å². The Morgan fingerprint density at radius 3 is 2.03 bits per heavy atom. The van der Waals surface area contributed by atoms with E-state index >= 15 is 0 Å². The van der Waals surface area contributed by atoms with E-state index in [1.165, 1.54) is 0 Å². The highest BCUT2D eigenvalue weighted by Gasteiger charge is 2.10. The van der Waals surface area contributed by atoms with E-state index < -0.39 is 0 Å². The number of benzene rings is 3. The second kappa shape index (κ2) is 8.84. The van der Waals surface area contributed by atoms with Crippen molar-refractivity contribution in [1.29, 1.82) is 0 Å². The minimum Gasteiger partial charge on any atom is -0.322 e. The van der Waals surface area contributed by atoms with Gasteiger partial charge in [0, 0.05) is 23.0 Å². The third-order valence-corrected chi connectivity index (χ3v) is 4.54. The molecule has 4 rings (SSSR count). The lowest BCUT2D eigenvalue weighted by molar-refractivity contribution is 0.101. The van der Waals surface area contributed by atoms with Gasteiger partial charge >= 0.3 is 0 Å². The number of anilines is 2. The van der Waals surface area contributed by atoms with Gasteiger partial charge in [-0.2, -0.15) is 0 Å². The summed E-state index contributed by atoms with van der Waals surface area (Å²) in [4.78, 5) is 29.1. The summed E-state index contributed by atoms with van der Waals surface area (Å²) in [6, 6.07) is 29.4. The van der Waals surface area contributed by atoms with Crippen LogP contribution in [0.1, 0.15) is 20.7 Å². The van der Waals surface area contributed by atoms with Crippen LogP contribution in [0.4, 0.5) is 11.5 Å². The fraction of sp³-hybridized carbons (Fsp3) is 0. The third-order valence-electron chi connectivity index (χ3n) is 4.54. The summed E-state index contributed by atoms with van der Waals surface area (Å²) < 4.78 is 0. The van der Waals surface area contributed by atoms with E-state index in [4.69, 9.17) is 0 Å². The highest BCUT2D eigenvalue weighted by molar-refractivity contribution is 6.07. The van der Waals surface area contributed by atoms with E-state index in [1.54, 1.807) is 60.8 Å². The van der Waals surface area contributed by atoms with Crippen LogP contribution >= 0.6 is 0 Å². The number of carbonyl (C=O) groups excluding carboxylic acids is 2. The Morgan fingerprint density at radius 1 is 0.600 bits per heavy atom. The second-order valence-corrected chi connectivity index (χ2v) is 6.65. The molecule has 4 aromatic rings. The van der Waals surface area contributed by atoms with Gasteiger partial charge in [-0.15, -0.1) is 0 Å². The SMILES string of the molecule is O=C(Nc1cccc(C(=O)Nc2ccccn2)c1)c1ccc(-c2ccccc2)cc1. The molecule has 30 heavy (non-hydrogen) atoms. The van der Waals surface area contributed by atoms with Gasteiger partial charge in [-0.1, -0.05) is 54.6 Å². The first kappa shape index (κ1) is 19.1. The van der Waals surface area contributed by atoms with Gasteiger partial charge in [-0.25, -0.2) is 4.98 Å². The molecule has 1 aromatic heterocycles. The Hall–Kier alpha value is -4.25. The molecule has 0 spiro atoms. The molecule has 146 valence electrons. The quantitative estimate of drug-likeness (QED) is 0.486. The molecule has 2 amide bonds. The lowest BCUT2D eigenvalue weighted by Crippen LogP contribution is -2.15. The van der Waals surface area contributed by atoms with E-state index in [1.807, 2.05) is 42.5 Å². The predicted octanol–water partition coefficient (Wildman–Crippen LogP) is 5.25. The first-order chi connectivity index (χ1) is 14.7. The Bertz CT molecular complexity index is 1160. The number of rotatable bonds is 5. The predicted molar refractivity (Wildman–Crippen MR) is 118 cm³/mol. The molecule has 0 aliphatic rings. The molecule has 2 N–H and O–H groups in total. The summed E-state index contributed by atoms with van der Waals surface area (Å²) in [5.74, 6) is -0.0654. The van der Waals surface area contributed by atoms with Crippen LogP contribution in [-0.2, 0) is 0 Å². The van der Waals surface area contributed by atoms with Crippen LogP contribution in [0, 0.1) is 0 Å². The van der Waals surface area contributed by atoms with Gasteiger partial charge in [-0.3, -0.25) is 9.59 Å². The van der Waals surface area contributed by atoms with Crippen LogP contribution in [0.25, 0.3) is 11.1 Å². The molecule has 0 saturated heterocycles. The Labute approximate surface area is 174 Å². The molecular formula is C25H19N3O2. The first-order valence-electron chi connectivity index (χ1n) is 9.48. The summed E-state index contributed by atoms with van der Waals surface area (Å²) in [6.45, 7) is 0. The van der Waals surface area contributed by atoms with E-state index in [0.29, 0.717) is 22.6 Å². The number of hydrogen-bond donors (Lipinski definition) is 2. The standard InChI is InChI=1S/C25H19N3O2/c29-24(20-14-12-19(13-15-20)18-7-2-1-3-8-18)27-22-10-6-9-21(17-22)25(30)28-23-11-4-5-16-26-23/h1-17H,(H,27,29)(H,26,28,30). The molecule has 0 atom stereocenters. The highest BCUT2D eigenvalue weighted by Crippen LogP contribution is 2.20. The van der Waals surface area contributed by atoms with Crippen molar-refractivity contribution in [2.75, 3.05) is 10.6 Å². The number of amides is 2. The fourth-order valence-corrected chi connectivity index (χ4v) is 3.01. The van der Waals surface area contributed by atoms with Crippen molar-refractivity contribution in [3.8, 4) is 11.1 Å². The number of aromatic nitrogens is 1. The minimum atomic E-state index is -0.294. The topological polar surface area (TPSA) is 71.1 Å².